The van der Waals surface area contributed by atoms with E-state index < -0.39 is 0 Å². The monoisotopic (exact) mass is 279 g/mol. The Morgan fingerprint density at radius 3 is 1.68 bits per heavy atom. The van der Waals surface area contributed by atoms with Gasteiger partial charge in [0.05, 0.1) is 0 Å². The summed E-state index contributed by atoms with van der Waals surface area (Å²) in [5.41, 5.74) is 4.98. The smallest absolute Gasteiger partial charge is 0.0172 e. The van der Waals surface area contributed by atoms with E-state index in [1.807, 2.05) is 12.1 Å². The van der Waals surface area contributed by atoms with Crippen LogP contribution in [0.15, 0.2) is 91.0 Å². The van der Waals surface area contributed by atoms with Crippen LogP contribution in [0.2, 0.25) is 0 Å². The molecule has 4 aromatic rings. The van der Waals surface area contributed by atoms with Crippen LogP contribution in [0.3, 0.4) is 0 Å². The summed E-state index contributed by atoms with van der Waals surface area (Å²) in [5, 5.41) is 2.54. The van der Waals surface area contributed by atoms with Gasteiger partial charge in [-0.3, -0.25) is 0 Å². The lowest BCUT2D eigenvalue weighted by atomic mass is 9.98. The molecule has 0 saturated carbocycles. The summed E-state index contributed by atoms with van der Waals surface area (Å²) < 4.78 is 0. The molecule has 0 unspecified atom stereocenters. The average molecular weight is 279 g/mol. The van der Waals surface area contributed by atoms with Gasteiger partial charge in [0.25, 0.3) is 0 Å². The fourth-order valence-corrected chi connectivity index (χ4v) is 2.82. The van der Waals surface area contributed by atoms with Gasteiger partial charge < -0.3 is 0 Å². The third-order valence-corrected chi connectivity index (χ3v) is 4.00. The Bertz CT molecular complexity index is 832. The maximum absolute atomic E-state index is 3.07. The van der Waals surface area contributed by atoms with Crippen LogP contribution in [-0.4, -0.2) is 0 Å². The predicted octanol–water partition coefficient (Wildman–Crippen LogP) is 5.97. The molecule has 0 atom stereocenters. The first-order valence-corrected chi connectivity index (χ1v) is 7.46. The third-order valence-electron chi connectivity index (χ3n) is 4.00. The lowest BCUT2D eigenvalue weighted by molar-refractivity contribution is 1.62. The second-order valence-electron chi connectivity index (χ2n) is 5.43. The first-order chi connectivity index (χ1) is 10.9. The standard InChI is InChI=1S/C22H15/c1-3-7-17(8-4-1)20-13-11-19-12-14-21(16-22(19)15-20)18-9-5-2-6-10-18/h1,3-16H. The SMILES string of the molecule is [c]1ccc(-c2ccc3ccc(-c4ccccc4)cc3c2)cc1. The molecule has 1 radical (unpaired) electrons. The van der Waals surface area contributed by atoms with Crippen molar-refractivity contribution in [3.8, 4) is 22.3 Å². The van der Waals surface area contributed by atoms with E-state index in [0.29, 0.717) is 0 Å². The summed E-state index contributed by atoms with van der Waals surface area (Å²) in [6, 6.07) is 35.0. The van der Waals surface area contributed by atoms with Crippen LogP contribution in [0.4, 0.5) is 0 Å². The largest absolute Gasteiger partial charge is 0.0622 e. The summed E-state index contributed by atoms with van der Waals surface area (Å²) in [6.45, 7) is 0. The Kier molecular flexibility index (Phi) is 3.21. The van der Waals surface area contributed by atoms with Gasteiger partial charge in [0.15, 0.2) is 0 Å². The molecule has 0 N–H and O–H groups in total. The molecular formula is C22H15. The molecule has 0 heteroatoms. The van der Waals surface area contributed by atoms with Gasteiger partial charge in [-0.15, -0.1) is 0 Å². The number of rotatable bonds is 2. The highest BCUT2D eigenvalue weighted by Crippen LogP contribution is 2.28. The van der Waals surface area contributed by atoms with Gasteiger partial charge >= 0.3 is 0 Å². The minimum Gasteiger partial charge on any atom is -0.0622 e. The van der Waals surface area contributed by atoms with E-state index in [1.54, 1.807) is 0 Å². The number of hydrogen-bond donors (Lipinski definition) is 0. The summed E-state index contributed by atoms with van der Waals surface area (Å²) >= 11 is 0. The highest BCUT2D eigenvalue weighted by atomic mass is 14.1. The number of hydrogen-bond acceptors (Lipinski definition) is 0. The molecule has 4 rings (SSSR count). The van der Waals surface area contributed by atoms with Crippen molar-refractivity contribution in [3.05, 3.63) is 97.1 Å². The molecule has 0 saturated heterocycles. The molecule has 0 aromatic heterocycles. The Morgan fingerprint density at radius 2 is 1.05 bits per heavy atom. The van der Waals surface area contributed by atoms with E-state index in [9.17, 15) is 0 Å². The molecule has 22 heavy (non-hydrogen) atoms. The van der Waals surface area contributed by atoms with Crippen molar-refractivity contribution in [1.82, 2.24) is 0 Å². The van der Waals surface area contributed by atoms with Gasteiger partial charge in [-0.05, 0) is 51.2 Å². The van der Waals surface area contributed by atoms with Crippen LogP contribution < -0.4 is 0 Å². The number of benzene rings is 4. The number of fused-ring (bicyclic) bond motifs is 1. The molecule has 0 nitrogen and oxygen atoms in total. The molecule has 0 fully saturated rings. The normalized spacial score (nSPS) is 10.7. The molecule has 0 bridgehead atoms. The lowest BCUT2D eigenvalue weighted by Gasteiger charge is -2.07. The molecule has 0 aliphatic carbocycles. The summed E-state index contributed by atoms with van der Waals surface area (Å²) in [4.78, 5) is 0. The molecule has 0 aliphatic rings. The predicted molar refractivity (Wildman–Crippen MR) is 93.7 cm³/mol. The van der Waals surface area contributed by atoms with Crippen LogP contribution in [0.25, 0.3) is 33.0 Å². The van der Waals surface area contributed by atoms with E-state index >= 15 is 0 Å². The quantitative estimate of drug-likeness (QED) is 0.424. The van der Waals surface area contributed by atoms with Crippen LogP contribution >= 0.6 is 0 Å². The van der Waals surface area contributed by atoms with Crippen molar-refractivity contribution in [2.24, 2.45) is 0 Å². The maximum atomic E-state index is 3.07. The van der Waals surface area contributed by atoms with Crippen molar-refractivity contribution < 1.29 is 0 Å². The van der Waals surface area contributed by atoms with Gasteiger partial charge in [-0.2, -0.15) is 0 Å². The van der Waals surface area contributed by atoms with Gasteiger partial charge in [0, 0.05) is 0 Å². The second kappa shape index (κ2) is 5.50. The van der Waals surface area contributed by atoms with Crippen molar-refractivity contribution in [1.29, 1.82) is 0 Å². The molecule has 103 valence electrons. The highest BCUT2D eigenvalue weighted by Gasteiger charge is 2.02. The highest BCUT2D eigenvalue weighted by molar-refractivity contribution is 5.90. The Morgan fingerprint density at radius 1 is 0.455 bits per heavy atom. The van der Waals surface area contributed by atoms with E-state index in [1.165, 1.54) is 33.0 Å². The fraction of sp³-hybridized carbons (Fsp3) is 0. The molecule has 0 amide bonds. The van der Waals surface area contributed by atoms with E-state index in [2.05, 4.69) is 84.9 Å². The molecule has 4 aromatic carbocycles. The first-order valence-electron chi connectivity index (χ1n) is 7.46. The summed E-state index contributed by atoms with van der Waals surface area (Å²) in [7, 11) is 0. The molecule has 0 aliphatic heterocycles. The summed E-state index contributed by atoms with van der Waals surface area (Å²) in [6.07, 6.45) is 0. The minimum atomic E-state index is 1.23. The average Bonchev–Trinajstić information content (AvgIpc) is 2.62. The Balaban J connectivity index is 1.85. The fourth-order valence-electron chi connectivity index (χ4n) is 2.82. The topological polar surface area (TPSA) is 0 Å². The van der Waals surface area contributed by atoms with Crippen LogP contribution in [0.5, 0.6) is 0 Å². The zero-order valence-electron chi connectivity index (χ0n) is 12.2. The minimum absolute atomic E-state index is 1.23. The van der Waals surface area contributed by atoms with Crippen LogP contribution in [0, 0.1) is 6.07 Å². The Hall–Kier alpha value is -2.86. The second-order valence-corrected chi connectivity index (χ2v) is 5.43. The van der Waals surface area contributed by atoms with Crippen LogP contribution in [0.1, 0.15) is 0 Å². The zero-order valence-corrected chi connectivity index (χ0v) is 12.2. The lowest BCUT2D eigenvalue weighted by Crippen LogP contribution is -1.81. The van der Waals surface area contributed by atoms with Crippen molar-refractivity contribution in [2.45, 2.75) is 0 Å². The van der Waals surface area contributed by atoms with Crippen LogP contribution in [-0.2, 0) is 0 Å². The first kappa shape index (κ1) is 12.8. The molecular weight excluding hydrogens is 264 g/mol. The van der Waals surface area contributed by atoms with E-state index in [4.69, 9.17) is 0 Å². The van der Waals surface area contributed by atoms with Crippen molar-refractivity contribution >= 4 is 10.8 Å². The van der Waals surface area contributed by atoms with Gasteiger partial charge in [-0.1, -0.05) is 78.9 Å². The van der Waals surface area contributed by atoms with Gasteiger partial charge in [0.1, 0.15) is 0 Å². The Labute approximate surface area is 130 Å². The zero-order chi connectivity index (χ0) is 14.8. The van der Waals surface area contributed by atoms with Crippen molar-refractivity contribution in [2.75, 3.05) is 0 Å². The van der Waals surface area contributed by atoms with Crippen molar-refractivity contribution in [3.63, 3.8) is 0 Å². The maximum Gasteiger partial charge on any atom is -0.0172 e. The molecule has 0 heterocycles. The van der Waals surface area contributed by atoms with Gasteiger partial charge in [-0.25, -0.2) is 0 Å². The van der Waals surface area contributed by atoms with Gasteiger partial charge in [0.2, 0.25) is 0 Å². The third kappa shape index (κ3) is 2.40. The van der Waals surface area contributed by atoms with E-state index in [-0.39, 0.29) is 0 Å². The summed E-state index contributed by atoms with van der Waals surface area (Å²) in [5.74, 6) is 0. The molecule has 0 spiro atoms. The van der Waals surface area contributed by atoms with E-state index in [0.717, 1.165) is 0 Å².